The zero-order chi connectivity index (χ0) is 13.2. The molecular formula is C15H18N2O. The fourth-order valence-electron chi connectivity index (χ4n) is 1.60. The van der Waals surface area contributed by atoms with Gasteiger partial charge >= 0.3 is 0 Å². The summed E-state index contributed by atoms with van der Waals surface area (Å²) in [6, 6.07) is 11.6. The largest absolute Gasteiger partial charge is 0.439 e. The first-order valence-electron chi connectivity index (χ1n) is 5.95. The van der Waals surface area contributed by atoms with E-state index in [1.165, 1.54) is 5.56 Å². The minimum atomic E-state index is 0.105. The molecule has 0 radical (unpaired) electrons. The van der Waals surface area contributed by atoms with Crippen molar-refractivity contribution in [3.8, 4) is 11.6 Å². The Morgan fingerprint density at radius 2 is 1.89 bits per heavy atom. The summed E-state index contributed by atoms with van der Waals surface area (Å²) in [6.07, 6.45) is 1.59. The number of aromatic nitrogens is 1. The van der Waals surface area contributed by atoms with Crippen LogP contribution in [0.1, 0.15) is 26.3 Å². The number of anilines is 1. The van der Waals surface area contributed by atoms with Crippen molar-refractivity contribution in [1.82, 2.24) is 4.98 Å². The molecule has 0 bridgehead atoms. The molecule has 94 valence electrons. The van der Waals surface area contributed by atoms with Crippen LogP contribution >= 0.6 is 0 Å². The second kappa shape index (κ2) is 4.69. The molecule has 1 aromatic heterocycles. The van der Waals surface area contributed by atoms with Crippen molar-refractivity contribution in [3.05, 3.63) is 48.2 Å². The Morgan fingerprint density at radius 1 is 1.11 bits per heavy atom. The molecule has 0 saturated carbocycles. The molecule has 18 heavy (non-hydrogen) atoms. The molecule has 1 heterocycles. The van der Waals surface area contributed by atoms with Crippen molar-refractivity contribution in [2.75, 3.05) is 5.73 Å². The highest BCUT2D eigenvalue weighted by atomic mass is 16.5. The van der Waals surface area contributed by atoms with Gasteiger partial charge in [-0.1, -0.05) is 32.9 Å². The monoisotopic (exact) mass is 242 g/mol. The Labute approximate surface area is 108 Å². The van der Waals surface area contributed by atoms with Crippen molar-refractivity contribution >= 4 is 5.69 Å². The molecule has 2 aromatic rings. The molecule has 0 aliphatic carbocycles. The lowest BCUT2D eigenvalue weighted by Crippen LogP contribution is -2.10. The number of benzene rings is 1. The number of nitrogens with two attached hydrogens (primary N) is 1. The van der Waals surface area contributed by atoms with Crippen molar-refractivity contribution in [2.24, 2.45) is 0 Å². The number of hydrogen-bond donors (Lipinski definition) is 1. The molecular weight excluding hydrogens is 224 g/mol. The molecule has 0 unspecified atom stereocenters. The quantitative estimate of drug-likeness (QED) is 0.872. The first-order valence-corrected chi connectivity index (χ1v) is 5.95. The zero-order valence-corrected chi connectivity index (χ0v) is 11.0. The number of rotatable bonds is 2. The molecule has 0 amide bonds. The van der Waals surface area contributed by atoms with E-state index in [1.807, 2.05) is 18.2 Å². The Morgan fingerprint density at radius 3 is 2.50 bits per heavy atom. The van der Waals surface area contributed by atoms with Crippen LogP contribution in [0.4, 0.5) is 5.69 Å². The van der Waals surface area contributed by atoms with E-state index in [9.17, 15) is 0 Å². The number of nitrogens with zero attached hydrogens (tertiary/aromatic N) is 1. The Bertz CT molecular complexity index is 527. The normalized spacial score (nSPS) is 11.3. The summed E-state index contributed by atoms with van der Waals surface area (Å²) in [5, 5.41) is 0. The third-order valence-electron chi connectivity index (χ3n) is 2.68. The van der Waals surface area contributed by atoms with Crippen molar-refractivity contribution in [3.63, 3.8) is 0 Å². The summed E-state index contributed by atoms with van der Waals surface area (Å²) >= 11 is 0. The fraction of sp³-hybridized carbons (Fsp3) is 0.267. The van der Waals surface area contributed by atoms with Crippen LogP contribution in [-0.2, 0) is 5.41 Å². The van der Waals surface area contributed by atoms with Crippen LogP contribution < -0.4 is 10.5 Å². The molecule has 0 atom stereocenters. The smallest absolute Gasteiger partial charge is 0.219 e. The van der Waals surface area contributed by atoms with E-state index in [-0.39, 0.29) is 5.41 Å². The number of pyridine rings is 1. The highest BCUT2D eigenvalue weighted by Gasteiger charge is 2.14. The van der Waals surface area contributed by atoms with Gasteiger partial charge in [0.15, 0.2) is 0 Å². The first kappa shape index (κ1) is 12.4. The van der Waals surface area contributed by atoms with Crippen molar-refractivity contribution in [2.45, 2.75) is 26.2 Å². The number of hydrogen-bond acceptors (Lipinski definition) is 3. The highest BCUT2D eigenvalue weighted by molar-refractivity contribution is 5.38. The lowest BCUT2D eigenvalue weighted by molar-refractivity contribution is 0.460. The van der Waals surface area contributed by atoms with Crippen LogP contribution in [0.25, 0.3) is 0 Å². The second-order valence-electron chi connectivity index (χ2n) is 5.31. The van der Waals surface area contributed by atoms with Crippen LogP contribution in [0.15, 0.2) is 42.6 Å². The van der Waals surface area contributed by atoms with E-state index in [4.69, 9.17) is 10.5 Å². The molecule has 0 aliphatic rings. The van der Waals surface area contributed by atoms with Gasteiger partial charge in [0.2, 0.25) is 5.88 Å². The van der Waals surface area contributed by atoms with E-state index in [0.29, 0.717) is 11.6 Å². The van der Waals surface area contributed by atoms with Crippen LogP contribution in [0.3, 0.4) is 0 Å². The van der Waals surface area contributed by atoms with Gasteiger partial charge in [-0.25, -0.2) is 4.98 Å². The molecule has 0 saturated heterocycles. The Balaban J connectivity index is 2.22. The number of ether oxygens (including phenoxy) is 1. The lowest BCUT2D eigenvalue weighted by Gasteiger charge is -2.19. The van der Waals surface area contributed by atoms with Gasteiger partial charge in [0.05, 0.1) is 11.9 Å². The third-order valence-corrected chi connectivity index (χ3v) is 2.68. The summed E-state index contributed by atoms with van der Waals surface area (Å²) in [6.45, 7) is 6.52. The van der Waals surface area contributed by atoms with Gasteiger partial charge < -0.3 is 10.5 Å². The predicted molar refractivity (Wildman–Crippen MR) is 73.9 cm³/mol. The first-order chi connectivity index (χ1) is 8.45. The average molecular weight is 242 g/mol. The molecule has 3 nitrogen and oxygen atoms in total. The topological polar surface area (TPSA) is 48.1 Å². The van der Waals surface area contributed by atoms with Gasteiger partial charge in [-0.2, -0.15) is 0 Å². The maximum Gasteiger partial charge on any atom is 0.219 e. The summed E-state index contributed by atoms with van der Waals surface area (Å²) in [4.78, 5) is 4.12. The second-order valence-corrected chi connectivity index (χ2v) is 5.31. The molecule has 0 fully saturated rings. The van der Waals surface area contributed by atoms with E-state index < -0.39 is 0 Å². The van der Waals surface area contributed by atoms with E-state index in [1.54, 1.807) is 18.3 Å². The van der Waals surface area contributed by atoms with Crippen LogP contribution in [0, 0.1) is 0 Å². The summed E-state index contributed by atoms with van der Waals surface area (Å²) in [5.74, 6) is 1.34. The summed E-state index contributed by atoms with van der Waals surface area (Å²) < 4.78 is 5.70. The summed E-state index contributed by atoms with van der Waals surface area (Å²) in [5.41, 5.74) is 7.55. The van der Waals surface area contributed by atoms with Gasteiger partial charge in [-0.05, 0) is 29.2 Å². The molecule has 3 heteroatoms. The molecule has 2 rings (SSSR count). The predicted octanol–water partition coefficient (Wildman–Crippen LogP) is 3.75. The fourth-order valence-corrected chi connectivity index (χ4v) is 1.60. The molecule has 2 N–H and O–H groups in total. The molecule has 0 spiro atoms. The zero-order valence-electron chi connectivity index (χ0n) is 11.0. The summed E-state index contributed by atoms with van der Waals surface area (Å²) in [7, 11) is 0. The average Bonchev–Trinajstić information content (AvgIpc) is 2.31. The Kier molecular flexibility index (Phi) is 3.24. The van der Waals surface area contributed by atoms with Crippen LogP contribution in [-0.4, -0.2) is 4.98 Å². The van der Waals surface area contributed by atoms with E-state index >= 15 is 0 Å². The van der Waals surface area contributed by atoms with Crippen molar-refractivity contribution < 1.29 is 4.74 Å². The third kappa shape index (κ3) is 3.00. The molecule has 1 aromatic carbocycles. The van der Waals surface area contributed by atoms with E-state index in [2.05, 4.69) is 31.8 Å². The minimum Gasteiger partial charge on any atom is -0.439 e. The maximum absolute atomic E-state index is 5.70. The number of nitrogen functional groups attached to an aromatic ring is 1. The van der Waals surface area contributed by atoms with Crippen LogP contribution in [0.5, 0.6) is 11.6 Å². The minimum absolute atomic E-state index is 0.105. The standard InChI is InChI=1S/C15H18N2O/c1-15(2,3)11-5-4-6-13(9-11)18-14-8-7-12(16)10-17-14/h4-10H,16H2,1-3H3. The lowest BCUT2D eigenvalue weighted by atomic mass is 9.87. The maximum atomic E-state index is 5.70. The van der Waals surface area contributed by atoms with Gasteiger partial charge in [-0.15, -0.1) is 0 Å². The van der Waals surface area contributed by atoms with Crippen LogP contribution in [0.2, 0.25) is 0 Å². The van der Waals surface area contributed by atoms with Gasteiger partial charge in [0, 0.05) is 6.07 Å². The van der Waals surface area contributed by atoms with Crippen molar-refractivity contribution in [1.29, 1.82) is 0 Å². The SMILES string of the molecule is CC(C)(C)c1cccc(Oc2ccc(N)cn2)c1. The van der Waals surface area contributed by atoms with Gasteiger partial charge in [-0.3, -0.25) is 0 Å². The Hall–Kier alpha value is -2.03. The molecule has 0 aliphatic heterocycles. The highest BCUT2D eigenvalue weighted by Crippen LogP contribution is 2.27. The van der Waals surface area contributed by atoms with Gasteiger partial charge in [0.1, 0.15) is 5.75 Å². The van der Waals surface area contributed by atoms with E-state index in [0.717, 1.165) is 5.75 Å². The van der Waals surface area contributed by atoms with Gasteiger partial charge in [0.25, 0.3) is 0 Å².